The van der Waals surface area contributed by atoms with E-state index in [2.05, 4.69) is 11.6 Å². The molecule has 1 rings (SSSR count). The van der Waals surface area contributed by atoms with Crippen LogP contribution in [0.2, 0.25) is 0 Å². The molecule has 0 fully saturated rings. The fourth-order valence-corrected chi connectivity index (χ4v) is 1.28. The van der Waals surface area contributed by atoms with Crippen molar-refractivity contribution in [2.24, 2.45) is 0 Å². The van der Waals surface area contributed by atoms with Gasteiger partial charge < -0.3 is 0 Å². The molecule has 0 saturated carbocycles. The molecule has 3 heteroatoms. The number of rotatable bonds is 2. The Morgan fingerprint density at radius 2 is 2.67 bits per heavy atom. The van der Waals surface area contributed by atoms with Crippen molar-refractivity contribution < 1.29 is 0 Å². The topological polar surface area (TPSA) is 12.9 Å². The Hall–Kier alpha value is -0.340. The smallest absolute Gasteiger partial charge is 0.0797 e. The zero-order chi connectivity index (χ0) is 6.69. The number of hydrogen-bond acceptors (Lipinski definition) is 2. The Morgan fingerprint density at radius 1 is 1.89 bits per heavy atom. The van der Waals surface area contributed by atoms with Gasteiger partial charge in [-0.3, -0.25) is 4.98 Å². The number of aromatic nitrogens is 1. The molecular formula is C6H6ClNS. The van der Waals surface area contributed by atoms with Crippen molar-refractivity contribution >= 4 is 28.5 Å². The van der Waals surface area contributed by atoms with Crippen molar-refractivity contribution in [3.05, 3.63) is 23.2 Å². The summed E-state index contributed by atoms with van der Waals surface area (Å²) in [5, 5.41) is 0. The van der Waals surface area contributed by atoms with E-state index < -0.39 is 0 Å². The van der Waals surface area contributed by atoms with Gasteiger partial charge in [0.2, 0.25) is 0 Å². The first-order chi connectivity index (χ1) is 4.34. The molecule has 9 heavy (non-hydrogen) atoms. The van der Waals surface area contributed by atoms with E-state index in [1.54, 1.807) is 23.0 Å². The van der Waals surface area contributed by atoms with Crippen LogP contribution in [-0.2, 0) is 0 Å². The average molecular weight is 160 g/mol. The summed E-state index contributed by atoms with van der Waals surface area (Å²) in [5.41, 5.74) is 2.71. The predicted octanol–water partition coefficient (Wildman–Crippen LogP) is 2.40. The molecule has 48 valence electrons. The highest BCUT2D eigenvalue weighted by Crippen LogP contribution is 2.16. The van der Waals surface area contributed by atoms with Gasteiger partial charge in [0.05, 0.1) is 10.4 Å². The zero-order valence-electron chi connectivity index (χ0n) is 4.80. The van der Waals surface area contributed by atoms with Crippen molar-refractivity contribution in [1.82, 2.24) is 4.98 Å². The first-order valence-electron chi connectivity index (χ1n) is 2.47. The Balaban J connectivity index is 2.77. The third-order valence-corrected chi connectivity index (χ3v) is 2.14. The molecule has 1 nitrogen and oxygen atoms in total. The van der Waals surface area contributed by atoms with Crippen molar-refractivity contribution in [3.63, 3.8) is 0 Å². The van der Waals surface area contributed by atoms with Gasteiger partial charge in [0, 0.05) is 12.1 Å². The van der Waals surface area contributed by atoms with Crippen LogP contribution in [0.15, 0.2) is 18.3 Å². The highest BCUT2D eigenvalue weighted by atomic mass is 35.5. The molecule has 0 N–H and O–H groups in total. The molecule has 1 aromatic heterocycles. The lowest BCUT2D eigenvalue weighted by Crippen LogP contribution is -1.75. The van der Waals surface area contributed by atoms with Crippen LogP contribution in [0.25, 0.3) is 5.57 Å². The van der Waals surface area contributed by atoms with Crippen LogP contribution in [0.3, 0.4) is 0 Å². The van der Waals surface area contributed by atoms with Crippen molar-refractivity contribution in [3.8, 4) is 0 Å². The quantitative estimate of drug-likeness (QED) is 0.604. The third-order valence-electron chi connectivity index (χ3n) is 0.942. The molecule has 0 atom stereocenters. The second kappa shape index (κ2) is 2.99. The molecule has 0 radical (unpaired) electrons. The molecule has 0 unspecified atom stereocenters. The Bertz CT molecular complexity index is 193. The summed E-state index contributed by atoms with van der Waals surface area (Å²) in [5.74, 6) is 0.488. The minimum Gasteiger partial charge on any atom is -0.253 e. The first kappa shape index (κ1) is 6.78. The van der Waals surface area contributed by atoms with Gasteiger partial charge in [0.1, 0.15) is 0 Å². The van der Waals surface area contributed by atoms with E-state index in [1.807, 2.05) is 0 Å². The largest absolute Gasteiger partial charge is 0.253 e. The summed E-state index contributed by atoms with van der Waals surface area (Å²) >= 11 is 7.08. The zero-order valence-corrected chi connectivity index (χ0v) is 6.37. The summed E-state index contributed by atoms with van der Waals surface area (Å²) in [6.07, 6.45) is 1.77. The van der Waals surface area contributed by atoms with Crippen molar-refractivity contribution in [2.75, 3.05) is 5.88 Å². The van der Waals surface area contributed by atoms with E-state index in [-0.39, 0.29) is 0 Å². The third kappa shape index (κ3) is 1.53. The fourth-order valence-electron chi connectivity index (χ4n) is 0.456. The van der Waals surface area contributed by atoms with Gasteiger partial charge in [-0.1, -0.05) is 6.58 Å². The molecule has 0 bridgehead atoms. The lowest BCUT2D eigenvalue weighted by Gasteiger charge is -1.90. The van der Waals surface area contributed by atoms with Gasteiger partial charge in [-0.25, -0.2) is 0 Å². The van der Waals surface area contributed by atoms with Gasteiger partial charge in [0.25, 0.3) is 0 Å². The second-order valence-corrected chi connectivity index (χ2v) is 2.76. The normalized spacial score (nSPS) is 9.44. The molecule has 1 heterocycles. The molecule has 0 spiro atoms. The predicted molar refractivity (Wildman–Crippen MR) is 41.9 cm³/mol. The van der Waals surface area contributed by atoms with Crippen LogP contribution in [0.5, 0.6) is 0 Å². The second-order valence-electron chi connectivity index (χ2n) is 1.60. The van der Waals surface area contributed by atoms with Crippen LogP contribution in [0, 0.1) is 0 Å². The average Bonchev–Trinajstić information content (AvgIpc) is 2.37. The Kier molecular flexibility index (Phi) is 2.25. The molecular weight excluding hydrogens is 154 g/mol. The summed E-state index contributed by atoms with van der Waals surface area (Å²) in [7, 11) is 0. The summed E-state index contributed by atoms with van der Waals surface area (Å²) in [6.45, 7) is 3.75. The van der Waals surface area contributed by atoms with E-state index >= 15 is 0 Å². The number of nitrogens with zero attached hydrogens (tertiary/aromatic N) is 1. The fraction of sp³-hybridized carbons (Fsp3) is 0.167. The van der Waals surface area contributed by atoms with E-state index in [9.17, 15) is 0 Å². The standard InChI is InChI=1S/C6H6ClNS/c1-5(2-7)6-3-8-4-9-6/h3-4H,1-2H2. The van der Waals surface area contributed by atoms with Gasteiger partial charge in [-0.2, -0.15) is 0 Å². The van der Waals surface area contributed by atoms with E-state index in [1.165, 1.54) is 0 Å². The van der Waals surface area contributed by atoms with Crippen molar-refractivity contribution in [1.29, 1.82) is 0 Å². The molecule has 0 saturated heterocycles. The van der Waals surface area contributed by atoms with Crippen LogP contribution in [-0.4, -0.2) is 10.9 Å². The number of halogens is 1. The SMILES string of the molecule is C=C(CCl)c1cncs1. The maximum atomic E-state index is 5.52. The van der Waals surface area contributed by atoms with Gasteiger partial charge in [0.15, 0.2) is 0 Å². The van der Waals surface area contributed by atoms with Crippen LogP contribution in [0.4, 0.5) is 0 Å². The highest BCUT2D eigenvalue weighted by molar-refractivity contribution is 7.10. The maximum absolute atomic E-state index is 5.52. The number of thiazole rings is 1. The summed E-state index contributed by atoms with van der Waals surface area (Å²) in [6, 6.07) is 0. The lowest BCUT2D eigenvalue weighted by atomic mass is 10.3. The van der Waals surface area contributed by atoms with Crippen LogP contribution < -0.4 is 0 Å². The minimum absolute atomic E-state index is 0.488. The number of hydrogen-bond donors (Lipinski definition) is 0. The summed E-state index contributed by atoms with van der Waals surface area (Å²) in [4.78, 5) is 4.96. The highest BCUT2D eigenvalue weighted by Gasteiger charge is 1.96. The minimum atomic E-state index is 0.488. The van der Waals surface area contributed by atoms with Crippen molar-refractivity contribution in [2.45, 2.75) is 0 Å². The molecule has 1 aromatic rings. The van der Waals surface area contributed by atoms with Gasteiger partial charge >= 0.3 is 0 Å². The lowest BCUT2D eigenvalue weighted by molar-refractivity contribution is 1.41. The first-order valence-corrected chi connectivity index (χ1v) is 3.88. The maximum Gasteiger partial charge on any atom is 0.0797 e. The molecule has 0 aliphatic heterocycles. The number of allylic oxidation sites excluding steroid dienone is 1. The van der Waals surface area contributed by atoms with E-state index in [0.29, 0.717) is 5.88 Å². The monoisotopic (exact) mass is 159 g/mol. The van der Waals surface area contributed by atoms with E-state index in [4.69, 9.17) is 11.6 Å². The molecule has 0 aromatic carbocycles. The van der Waals surface area contributed by atoms with Gasteiger partial charge in [-0.15, -0.1) is 22.9 Å². The van der Waals surface area contributed by atoms with E-state index in [0.717, 1.165) is 10.5 Å². The Labute approximate surface area is 63.0 Å². The molecule has 0 aliphatic rings. The van der Waals surface area contributed by atoms with Crippen LogP contribution in [0.1, 0.15) is 4.88 Å². The summed E-state index contributed by atoms with van der Waals surface area (Å²) < 4.78 is 0. The van der Waals surface area contributed by atoms with Gasteiger partial charge in [-0.05, 0) is 5.57 Å². The Morgan fingerprint density at radius 3 is 3.11 bits per heavy atom. The molecule has 0 amide bonds. The number of alkyl halides is 1. The molecule has 0 aliphatic carbocycles. The van der Waals surface area contributed by atoms with Crippen LogP contribution >= 0.6 is 22.9 Å².